The zero-order valence-electron chi connectivity index (χ0n) is 9.30. The summed E-state index contributed by atoms with van der Waals surface area (Å²) in [6.45, 7) is 5.22. The first-order valence-corrected chi connectivity index (χ1v) is 5.32. The normalized spacial score (nSPS) is 13.3. The summed E-state index contributed by atoms with van der Waals surface area (Å²) in [5.41, 5.74) is 9.17. The molecule has 0 amide bonds. The van der Waals surface area contributed by atoms with E-state index in [0.29, 0.717) is 13.3 Å². The summed E-state index contributed by atoms with van der Waals surface area (Å²) in [4.78, 5) is 0. The molecule has 2 rings (SSSR count). The SMILES string of the molecule is Cc1cc(CCCN)c2c(c1C)OCO2. The lowest BCUT2D eigenvalue weighted by Crippen LogP contribution is -2.01. The van der Waals surface area contributed by atoms with Crippen LogP contribution in [-0.2, 0) is 6.42 Å². The lowest BCUT2D eigenvalue weighted by molar-refractivity contribution is 0.172. The predicted molar refractivity (Wildman–Crippen MR) is 59.4 cm³/mol. The van der Waals surface area contributed by atoms with Crippen molar-refractivity contribution in [1.82, 2.24) is 0 Å². The Balaban J connectivity index is 2.38. The molecular formula is C12H17NO2. The van der Waals surface area contributed by atoms with E-state index in [-0.39, 0.29) is 0 Å². The molecule has 1 aliphatic rings. The van der Waals surface area contributed by atoms with E-state index in [0.717, 1.165) is 24.3 Å². The van der Waals surface area contributed by atoms with Gasteiger partial charge in [-0.15, -0.1) is 0 Å². The van der Waals surface area contributed by atoms with Gasteiger partial charge in [0.05, 0.1) is 0 Å². The zero-order valence-corrected chi connectivity index (χ0v) is 9.30. The van der Waals surface area contributed by atoms with E-state index in [2.05, 4.69) is 19.9 Å². The molecule has 15 heavy (non-hydrogen) atoms. The number of benzene rings is 1. The molecule has 0 fully saturated rings. The molecule has 0 bridgehead atoms. The summed E-state index contributed by atoms with van der Waals surface area (Å²) in [6.07, 6.45) is 1.95. The highest BCUT2D eigenvalue weighted by molar-refractivity contribution is 5.56. The molecule has 1 aromatic carbocycles. The van der Waals surface area contributed by atoms with Gasteiger partial charge in [-0.3, -0.25) is 0 Å². The third kappa shape index (κ3) is 1.79. The molecule has 0 atom stereocenters. The van der Waals surface area contributed by atoms with Crippen LogP contribution in [0.15, 0.2) is 6.07 Å². The van der Waals surface area contributed by atoms with Crippen LogP contribution in [0.4, 0.5) is 0 Å². The summed E-state index contributed by atoms with van der Waals surface area (Å²) in [5.74, 6) is 1.84. The van der Waals surface area contributed by atoms with Crippen molar-refractivity contribution in [2.75, 3.05) is 13.3 Å². The standard InChI is InChI=1S/C12H17NO2/c1-8-6-10(4-3-5-13)12-11(9(8)2)14-7-15-12/h6H,3-5,7,13H2,1-2H3. The van der Waals surface area contributed by atoms with Gasteiger partial charge in [0.25, 0.3) is 0 Å². The summed E-state index contributed by atoms with van der Waals surface area (Å²) < 4.78 is 11.0. The van der Waals surface area contributed by atoms with Gasteiger partial charge in [-0.25, -0.2) is 0 Å². The maximum Gasteiger partial charge on any atom is 0.231 e. The minimum atomic E-state index is 0.343. The van der Waals surface area contributed by atoms with Gasteiger partial charge in [-0.05, 0) is 49.9 Å². The van der Waals surface area contributed by atoms with E-state index >= 15 is 0 Å². The zero-order chi connectivity index (χ0) is 10.8. The van der Waals surface area contributed by atoms with Gasteiger partial charge < -0.3 is 15.2 Å². The number of ether oxygens (including phenoxy) is 2. The van der Waals surface area contributed by atoms with Crippen LogP contribution in [0.5, 0.6) is 11.5 Å². The van der Waals surface area contributed by atoms with Crippen LogP contribution < -0.4 is 15.2 Å². The van der Waals surface area contributed by atoms with Gasteiger partial charge in [0.15, 0.2) is 11.5 Å². The molecule has 0 radical (unpaired) electrons. The van der Waals surface area contributed by atoms with Gasteiger partial charge in [-0.2, -0.15) is 0 Å². The summed E-state index contributed by atoms with van der Waals surface area (Å²) >= 11 is 0. The Morgan fingerprint density at radius 1 is 1.27 bits per heavy atom. The van der Waals surface area contributed by atoms with Crippen LogP contribution in [0.25, 0.3) is 0 Å². The highest BCUT2D eigenvalue weighted by atomic mass is 16.7. The van der Waals surface area contributed by atoms with Crippen LogP contribution in [0.1, 0.15) is 23.1 Å². The summed E-state index contributed by atoms with van der Waals surface area (Å²) in [6, 6.07) is 2.18. The molecule has 1 heterocycles. The van der Waals surface area contributed by atoms with Crippen molar-refractivity contribution in [2.24, 2.45) is 5.73 Å². The second-order valence-electron chi connectivity index (χ2n) is 3.93. The third-order valence-corrected chi connectivity index (χ3v) is 2.88. The van der Waals surface area contributed by atoms with E-state index in [1.54, 1.807) is 0 Å². The van der Waals surface area contributed by atoms with Crippen molar-refractivity contribution in [3.8, 4) is 11.5 Å². The monoisotopic (exact) mass is 207 g/mol. The molecule has 0 spiro atoms. The van der Waals surface area contributed by atoms with Crippen molar-refractivity contribution in [1.29, 1.82) is 0 Å². The molecule has 0 unspecified atom stereocenters. The summed E-state index contributed by atoms with van der Waals surface area (Å²) in [5, 5.41) is 0. The van der Waals surface area contributed by atoms with E-state index in [1.165, 1.54) is 16.7 Å². The number of hydrogen-bond acceptors (Lipinski definition) is 3. The van der Waals surface area contributed by atoms with Crippen LogP contribution in [0, 0.1) is 13.8 Å². The van der Waals surface area contributed by atoms with Gasteiger partial charge in [0, 0.05) is 0 Å². The minimum absolute atomic E-state index is 0.343. The van der Waals surface area contributed by atoms with Crippen molar-refractivity contribution < 1.29 is 9.47 Å². The van der Waals surface area contributed by atoms with Crippen molar-refractivity contribution in [3.05, 3.63) is 22.8 Å². The maximum atomic E-state index is 5.52. The number of aryl methyl sites for hydroxylation is 2. The highest BCUT2D eigenvalue weighted by Gasteiger charge is 2.21. The van der Waals surface area contributed by atoms with Gasteiger partial charge >= 0.3 is 0 Å². The Labute approximate surface area is 90.2 Å². The maximum absolute atomic E-state index is 5.52. The Morgan fingerprint density at radius 2 is 2.00 bits per heavy atom. The number of fused-ring (bicyclic) bond motifs is 1. The van der Waals surface area contributed by atoms with E-state index in [9.17, 15) is 0 Å². The van der Waals surface area contributed by atoms with E-state index < -0.39 is 0 Å². The van der Waals surface area contributed by atoms with Crippen molar-refractivity contribution in [3.63, 3.8) is 0 Å². The second-order valence-corrected chi connectivity index (χ2v) is 3.93. The molecular weight excluding hydrogens is 190 g/mol. The topological polar surface area (TPSA) is 44.5 Å². The number of hydrogen-bond donors (Lipinski definition) is 1. The summed E-state index contributed by atoms with van der Waals surface area (Å²) in [7, 11) is 0. The first-order valence-electron chi connectivity index (χ1n) is 5.32. The van der Waals surface area contributed by atoms with Crippen LogP contribution in [-0.4, -0.2) is 13.3 Å². The van der Waals surface area contributed by atoms with Gasteiger partial charge in [-0.1, -0.05) is 6.07 Å². The third-order valence-electron chi connectivity index (χ3n) is 2.88. The number of nitrogens with two attached hydrogens (primary N) is 1. The fourth-order valence-electron chi connectivity index (χ4n) is 1.89. The average Bonchev–Trinajstić information content (AvgIpc) is 2.70. The molecule has 3 heteroatoms. The quantitative estimate of drug-likeness (QED) is 0.823. The lowest BCUT2D eigenvalue weighted by atomic mass is 10.0. The highest BCUT2D eigenvalue weighted by Crippen LogP contribution is 2.40. The Bertz CT molecular complexity index is 374. The fourth-order valence-corrected chi connectivity index (χ4v) is 1.89. The Kier molecular flexibility index (Phi) is 2.82. The largest absolute Gasteiger partial charge is 0.453 e. The molecule has 1 aliphatic heterocycles. The van der Waals surface area contributed by atoms with Crippen molar-refractivity contribution >= 4 is 0 Å². The fraction of sp³-hybridized carbons (Fsp3) is 0.500. The van der Waals surface area contributed by atoms with E-state index in [4.69, 9.17) is 15.2 Å². The molecule has 0 aromatic heterocycles. The molecule has 1 aromatic rings. The Morgan fingerprint density at radius 3 is 2.73 bits per heavy atom. The number of rotatable bonds is 3. The molecule has 82 valence electrons. The van der Waals surface area contributed by atoms with Gasteiger partial charge in [0.2, 0.25) is 6.79 Å². The van der Waals surface area contributed by atoms with Crippen molar-refractivity contribution in [2.45, 2.75) is 26.7 Å². The smallest absolute Gasteiger partial charge is 0.231 e. The molecule has 0 saturated carbocycles. The molecule has 2 N–H and O–H groups in total. The van der Waals surface area contributed by atoms with Gasteiger partial charge in [0.1, 0.15) is 0 Å². The average molecular weight is 207 g/mol. The minimum Gasteiger partial charge on any atom is -0.453 e. The second kappa shape index (κ2) is 4.11. The van der Waals surface area contributed by atoms with Crippen LogP contribution >= 0.6 is 0 Å². The predicted octanol–water partition coefficient (Wildman–Crippen LogP) is 1.92. The molecule has 0 saturated heterocycles. The van der Waals surface area contributed by atoms with E-state index in [1.807, 2.05) is 0 Å². The van der Waals surface area contributed by atoms with Crippen LogP contribution in [0.2, 0.25) is 0 Å². The Hall–Kier alpha value is -1.22. The molecule has 0 aliphatic carbocycles. The lowest BCUT2D eigenvalue weighted by Gasteiger charge is -2.10. The first kappa shape index (κ1) is 10.3. The van der Waals surface area contributed by atoms with Crippen LogP contribution in [0.3, 0.4) is 0 Å². The molecule has 3 nitrogen and oxygen atoms in total. The first-order chi connectivity index (χ1) is 7.24.